The van der Waals surface area contributed by atoms with Crippen LogP contribution < -0.4 is 5.32 Å². The largest absolute Gasteiger partial charge is 0.399 e. The first-order valence-electron chi connectivity index (χ1n) is 6.65. The molecule has 0 aliphatic rings. The molecule has 0 aliphatic carbocycles. The van der Waals surface area contributed by atoms with Gasteiger partial charge in [0.25, 0.3) is 5.91 Å². The first-order valence-corrected chi connectivity index (χ1v) is 7.56. The lowest BCUT2D eigenvalue weighted by Gasteiger charge is -2.27. The van der Waals surface area contributed by atoms with Crippen LogP contribution in [0.2, 0.25) is 5.02 Å². The highest BCUT2D eigenvalue weighted by Gasteiger charge is 2.32. The van der Waals surface area contributed by atoms with E-state index in [1.165, 1.54) is 19.4 Å². The molecule has 0 fully saturated rings. The third kappa shape index (κ3) is 4.71. The van der Waals surface area contributed by atoms with E-state index in [9.17, 15) is 9.59 Å². The second kappa shape index (κ2) is 8.15. The van der Waals surface area contributed by atoms with Crippen molar-refractivity contribution in [2.75, 3.05) is 13.0 Å². The van der Waals surface area contributed by atoms with Gasteiger partial charge in [0, 0.05) is 10.6 Å². The number of carbonyl (C=O) groups is 2. The molecule has 0 saturated carbocycles. The smallest absolute Gasteiger partial charge is 0.252 e. The van der Waals surface area contributed by atoms with Crippen molar-refractivity contribution >= 4 is 41.1 Å². The van der Waals surface area contributed by atoms with Crippen molar-refractivity contribution in [1.82, 2.24) is 5.32 Å². The number of nitrogens with one attached hydrogen (secondary N) is 1. The molecule has 0 aliphatic heterocycles. The monoisotopic (exact) mass is 344 g/mol. The fourth-order valence-electron chi connectivity index (χ4n) is 1.76. The number of ketones is 1. The molecule has 1 amide bonds. The number of hydrogen-bond donors (Lipinski definition) is 1. The fraction of sp³-hybridized carbons (Fsp3) is 0.400. The Bertz CT molecular complexity index is 590. The third-order valence-electron chi connectivity index (χ3n) is 3.32. The number of nitrogens with zero attached hydrogens (tertiary/aromatic N) is 1. The number of alkyl halides is 1. The van der Waals surface area contributed by atoms with Gasteiger partial charge in [-0.2, -0.15) is 0 Å². The quantitative estimate of drug-likeness (QED) is 0.469. The third-order valence-corrected chi connectivity index (χ3v) is 3.78. The van der Waals surface area contributed by atoms with Gasteiger partial charge in [-0.3, -0.25) is 9.59 Å². The average molecular weight is 345 g/mol. The SMILES string of the molecule is CCC(C)(NC(=O)c1cc(Cl)cc(C=NOC)c1)C(=O)CCl. The Morgan fingerprint density at radius 1 is 1.41 bits per heavy atom. The van der Waals surface area contributed by atoms with E-state index in [0.29, 0.717) is 22.6 Å². The Hall–Kier alpha value is -1.59. The van der Waals surface area contributed by atoms with Crippen molar-refractivity contribution in [3.8, 4) is 0 Å². The molecule has 0 heterocycles. The van der Waals surface area contributed by atoms with Crippen LogP contribution in [0, 0.1) is 0 Å². The highest BCUT2D eigenvalue weighted by molar-refractivity contribution is 6.31. The number of halogens is 2. The van der Waals surface area contributed by atoms with E-state index in [4.69, 9.17) is 23.2 Å². The maximum Gasteiger partial charge on any atom is 0.252 e. The first-order chi connectivity index (χ1) is 10.4. The standard InChI is InChI=1S/C15H18Cl2N2O3/c1-4-15(2,13(20)8-16)19-14(21)11-5-10(9-18-22-3)6-12(17)7-11/h5-7,9H,4,8H2,1-3H3,(H,19,21). The number of oxime groups is 1. The van der Waals surface area contributed by atoms with Gasteiger partial charge in [-0.05, 0) is 37.1 Å². The molecule has 0 bridgehead atoms. The Balaban J connectivity index is 3.05. The summed E-state index contributed by atoms with van der Waals surface area (Å²) in [6.45, 7) is 3.45. The Morgan fingerprint density at radius 2 is 2.09 bits per heavy atom. The maximum absolute atomic E-state index is 12.4. The maximum atomic E-state index is 12.4. The molecule has 120 valence electrons. The van der Waals surface area contributed by atoms with E-state index in [1.807, 2.05) is 0 Å². The zero-order valence-electron chi connectivity index (χ0n) is 12.7. The molecule has 1 rings (SSSR count). The topological polar surface area (TPSA) is 67.8 Å². The van der Waals surface area contributed by atoms with E-state index in [2.05, 4.69) is 15.3 Å². The van der Waals surface area contributed by atoms with Crippen molar-refractivity contribution < 1.29 is 14.4 Å². The number of benzene rings is 1. The molecule has 1 atom stereocenters. The molecule has 1 N–H and O–H groups in total. The highest BCUT2D eigenvalue weighted by atomic mass is 35.5. The number of carbonyl (C=O) groups excluding carboxylic acids is 2. The molecule has 7 heteroatoms. The minimum Gasteiger partial charge on any atom is -0.399 e. The van der Waals surface area contributed by atoms with E-state index in [-0.39, 0.29) is 11.7 Å². The number of Topliss-reactive ketones (excluding diaryl/α,β-unsaturated/α-hetero) is 1. The fourth-order valence-corrected chi connectivity index (χ4v) is 2.30. The summed E-state index contributed by atoms with van der Waals surface area (Å²) in [5.41, 5.74) is -0.0736. The molecule has 5 nitrogen and oxygen atoms in total. The van der Waals surface area contributed by atoms with Crippen molar-refractivity contribution in [3.63, 3.8) is 0 Å². The van der Waals surface area contributed by atoms with E-state index in [0.717, 1.165) is 0 Å². The van der Waals surface area contributed by atoms with Gasteiger partial charge in [0.05, 0.1) is 17.6 Å². The molecule has 1 aromatic rings. The van der Waals surface area contributed by atoms with Crippen molar-refractivity contribution in [3.05, 3.63) is 34.3 Å². The van der Waals surface area contributed by atoms with Gasteiger partial charge < -0.3 is 10.2 Å². The van der Waals surface area contributed by atoms with Crippen LogP contribution in [0.3, 0.4) is 0 Å². The van der Waals surface area contributed by atoms with E-state index >= 15 is 0 Å². The molecular formula is C15H18Cl2N2O3. The molecule has 22 heavy (non-hydrogen) atoms. The summed E-state index contributed by atoms with van der Waals surface area (Å²) in [6, 6.07) is 4.76. The summed E-state index contributed by atoms with van der Waals surface area (Å²) in [5, 5.41) is 6.72. The second-order valence-corrected chi connectivity index (χ2v) is 5.59. The molecule has 1 aromatic carbocycles. The Labute approximate surface area is 139 Å². The lowest BCUT2D eigenvalue weighted by Crippen LogP contribution is -2.52. The molecule has 0 saturated heterocycles. The normalized spacial score (nSPS) is 13.7. The van der Waals surface area contributed by atoms with Gasteiger partial charge in [-0.15, -0.1) is 11.6 Å². The van der Waals surface area contributed by atoms with Crippen LogP contribution in [-0.2, 0) is 9.63 Å². The van der Waals surface area contributed by atoms with Crippen LogP contribution in [-0.4, -0.2) is 36.4 Å². The van der Waals surface area contributed by atoms with Crippen LogP contribution in [0.1, 0.15) is 36.2 Å². The Morgan fingerprint density at radius 3 is 2.64 bits per heavy atom. The second-order valence-electron chi connectivity index (χ2n) is 4.89. The first kappa shape index (κ1) is 18.5. The minimum atomic E-state index is -1.01. The summed E-state index contributed by atoms with van der Waals surface area (Å²) in [4.78, 5) is 28.9. The number of rotatable bonds is 7. The summed E-state index contributed by atoms with van der Waals surface area (Å²) in [7, 11) is 1.42. The zero-order valence-corrected chi connectivity index (χ0v) is 14.2. The van der Waals surface area contributed by atoms with Gasteiger partial charge in [0.2, 0.25) is 0 Å². The van der Waals surface area contributed by atoms with E-state index < -0.39 is 11.4 Å². The van der Waals surface area contributed by atoms with Crippen molar-refractivity contribution in [2.45, 2.75) is 25.8 Å². The number of amides is 1. The van der Waals surface area contributed by atoms with Crippen LogP contribution in [0.25, 0.3) is 0 Å². The zero-order chi connectivity index (χ0) is 16.8. The van der Waals surface area contributed by atoms with Gasteiger partial charge in [-0.1, -0.05) is 23.7 Å². The van der Waals surface area contributed by atoms with Crippen molar-refractivity contribution in [2.24, 2.45) is 5.16 Å². The van der Waals surface area contributed by atoms with Gasteiger partial charge in [-0.25, -0.2) is 0 Å². The van der Waals surface area contributed by atoms with Gasteiger partial charge in [0.15, 0.2) is 5.78 Å². The van der Waals surface area contributed by atoms with Crippen LogP contribution >= 0.6 is 23.2 Å². The highest BCUT2D eigenvalue weighted by Crippen LogP contribution is 2.17. The number of hydrogen-bond acceptors (Lipinski definition) is 4. The molecule has 0 radical (unpaired) electrons. The van der Waals surface area contributed by atoms with Crippen LogP contribution in [0.15, 0.2) is 23.4 Å². The molecular weight excluding hydrogens is 327 g/mol. The van der Waals surface area contributed by atoms with Gasteiger partial charge >= 0.3 is 0 Å². The lowest BCUT2D eigenvalue weighted by atomic mass is 9.93. The summed E-state index contributed by atoms with van der Waals surface area (Å²) in [6.07, 6.45) is 1.87. The molecule has 0 spiro atoms. The molecule has 1 unspecified atom stereocenters. The van der Waals surface area contributed by atoms with Crippen molar-refractivity contribution in [1.29, 1.82) is 0 Å². The van der Waals surface area contributed by atoms with Gasteiger partial charge in [0.1, 0.15) is 7.11 Å². The minimum absolute atomic E-state index is 0.161. The predicted octanol–water partition coefficient (Wildman–Crippen LogP) is 3.03. The van der Waals surface area contributed by atoms with E-state index in [1.54, 1.807) is 26.0 Å². The summed E-state index contributed by atoms with van der Waals surface area (Å²) < 4.78 is 0. The van der Waals surface area contributed by atoms with Crippen LogP contribution in [0.5, 0.6) is 0 Å². The summed E-state index contributed by atoms with van der Waals surface area (Å²) in [5.74, 6) is -0.808. The lowest BCUT2D eigenvalue weighted by molar-refractivity contribution is -0.122. The average Bonchev–Trinajstić information content (AvgIpc) is 2.51. The molecule has 0 aromatic heterocycles. The summed E-state index contributed by atoms with van der Waals surface area (Å²) >= 11 is 11.6. The Kier molecular flexibility index (Phi) is 6.84. The van der Waals surface area contributed by atoms with Crippen LogP contribution in [0.4, 0.5) is 0 Å². The predicted molar refractivity (Wildman–Crippen MR) is 87.9 cm³/mol.